The summed E-state index contributed by atoms with van der Waals surface area (Å²) in [6.45, 7) is 9.29. The van der Waals surface area contributed by atoms with Crippen LogP contribution in [0.4, 0.5) is 0 Å². The zero-order valence-corrected chi connectivity index (χ0v) is 24.6. The fourth-order valence-electron chi connectivity index (χ4n) is 5.27. The van der Waals surface area contributed by atoms with Crippen LogP contribution in [0.5, 0.6) is 0 Å². The molecule has 35 heavy (non-hydrogen) atoms. The summed E-state index contributed by atoms with van der Waals surface area (Å²) in [4.78, 5) is 0. The SMILES string of the molecule is CC(C)=CCC[C@H](C)CCC[C@H](C)CCP(Br)(c1ccccc1)(c1ccccc1)c1ccccc1. The number of benzene rings is 3. The van der Waals surface area contributed by atoms with Gasteiger partial charge in [-0.15, -0.1) is 0 Å². The molecular weight excluding hydrogens is 507 g/mol. The minimum atomic E-state index is -2.79. The van der Waals surface area contributed by atoms with Crippen LogP contribution in [-0.2, 0) is 0 Å². The average molecular weight is 552 g/mol. The average Bonchev–Trinajstić information content (AvgIpc) is 2.89. The molecule has 0 aliphatic carbocycles. The molecule has 0 fully saturated rings. The van der Waals surface area contributed by atoms with Crippen LogP contribution < -0.4 is 15.9 Å². The van der Waals surface area contributed by atoms with Crippen molar-refractivity contribution in [2.75, 3.05) is 6.16 Å². The fraction of sp³-hybridized carbons (Fsp3) is 0.394. The van der Waals surface area contributed by atoms with Crippen molar-refractivity contribution in [1.29, 1.82) is 0 Å². The summed E-state index contributed by atoms with van der Waals surface area (Å²) in [5.74, 6) is 1.52. The zero-order valence-electron chi connectivity index (χ0n) is 22.2. The van der Waals surface area contributed by atoms with Crippen LogP contribution in [0.2, 0.25) is 0 Å². The third-order valence-electron chi connectivity index (χ3n) is 7.53. The van der Waals surface area contributed by atoms with Crippen LogP contribution in [0, 0.1) is 11.8 Å². The molecule has 0 N–H and O–H groups in total. The second-order valence-electron chi connectivity index (χ2n) is 10.7. The van der Waals surface area contributed by atoms with Gasteiger partial charge in [0, 0.05) is 0 Å². The predicted octanol–water partition coefficient (Wildman–Crippen LogP) is 9.41. The normalized spacial score (nSPS) is 14.5. The van der Waals surface area contributed by atoms with Crippen LogP contribution in [-0.4, -0.2) is 6.16 Å². The summed E-state index contributed by atoms with van der Waals surface area (Å²) in [5, 5.41) is 1.49. The van der Waals surface area contributed by atoms with Gasteiger partial charge in [-0.05, 0) is 0 Å². The molecular formula is C33H44BrP. The maximum absolute atomic E-state index is 4.60. The van der Waals surface area contributed by atoms with Crippen molar-refractivity contribution in [1.82, 2.24) is 0 Å². The van der Waals surface area contributed by atoms with Crippen LogP contribution in [0.15, 0.2) is 103 Å². The van der Waals surface area contributed by atoms with E-state index in [0.717, 1.165) is 12.1 Å². The number of halogens is 1. The van der Waals surface area contributed by atoms with Gasteiger partial charge in [-0.1, -0.05) is 0 Å². The van der Waals surface area contributed by atoms with Gasteiger partial charge in [0.15, 0.2) is 0 Å². The third-order valence-corrected chi connectivity index (χ3v) is 17.5. The molecule has 0 spiro atoms. The first kappa shape index (κ1) is 27.9. The fourth-order valence-corrected chi connectivity index (χ4v) is 13.0. The molecule has 0 unspecified atom stereocenters. The Labute approximate surface area is 222 Å². The molecule has 0 saturated heterocycles. The van der Waals surface area contributed by atoms with Gasteiger partial charge < -0.3 is 0 Å². The second-order valence-corrected chi connectivity index (χ2v) is 19.8. The van der Waals surface area contributed by atoms with E-state index < -0.39 is 5.31 Å². The van der Waals surface area contributed by atoms with Crippen molar-refractivity contribution < 1.29 is 0 Å². The number of rotatable bonds is 13. The first-order valence-electron chi connectivity index (χ1n) is 13.4. The van der Waals surface area contributed by atoms with E-state index in [1.54, 1.807) is 0 Å². The first-order valence-corrected chi connectivity index (χ1v) is 17.8. The topological polar surface area (TPSA) is 0 Å². The Morgan fingerprint density at radius 2 is 1.06 bits per heavy atom. The van der Waals surface area contributed by atoms with Gasteiger partial charge in [0.2, 0.25) is 0 Å². The molecule has 3 rings (SSSR count). The molecule has 0 aliphatic rings. The Morgan fingerprint density at radius 1 is 0.657 bits per heavy atom. The van der Waals surface area contributed by atoms with E-state index in [9.17, 15) is 0 Å². The van der Waals surface area contributed by atoms with Gasteiger partial charge in [-0.2, -0.15) is 0 Å². The van der Waals surface area contributed by atoms with Crippen molar-refractivity contribution >= 4 is 36.7 Å². The summed E-state index contributed by atoms with van der Waals surface area (Å²) in [5.41, 5.74) is 1.44. The van der Waals surface area contributed by atoms with Gasteiger partial charge in [-0.3, -0.25) is 0 Å². The van der Waals surface area contributed by atoms with E-state index >= 15 is 0 Å². The second kappa shape index (κ2) is 13.0. The molecule has 2 heteroatoms. The first-order chi connectivity index (χ1) is 16.8. The molecule has 3 aromatic rings. The van der Waals surface area contributed by atoms with Crippen LogP contribution in [0.3, 0.4) is 0 Å². The Hall–Kier alpha value is -1.69. The molecule has 0 radical (unpaired) electrons. The van der Waals surface area contributed by atoms with Crippen LogP contribution in [0.25, 0.3) is 0 Å². The van der Waals surface area contributed by atoms with E-state index in [0.29, 0.717) is 5.92 Å². The third kappa shape index (κ3) is 6.96. The predicted molar refractivity (Wildman–Crippen MR) is 164 cm³/mol. The van der Waals surface area contributed by atoms with Crippen molar-refractivity contribution in [2.24, 2.45) is 11.8 Å². The Kier molecular flexibility index (Phi) is 10.4. The van der Waals surface area contributed by atoms with E-state index in [-0.39, 0.29) is 0 Å². The molecule has 188 valence electrons. The minimum absolute atomic E-state index is 0.704. The number of allylic oxidation sites excluding steroid dienone is 2. The molecule has 0 saturated carbocycles. The van der Waals surface area contributed by atoms with Gasteiger partial charge >= 0.3 is 224 Å². The molecule has 3 aromatic carbocycles. The van der Waals surface area contributed by atoms with Gasteiger partial charge in [0.05, 0.1) is 0 Å². The molecule has 0 aromatic heterocycles. The van der Waals surface area contributed by atoms with Crippen molar-refractivity contribution in [3.05, 3.63) is 103 Å². The summed E-state index contributed by atoms with van der Waals surface area (Å²) in [6.07, 6.45) is 11.3. The molecule has 0 aliphatic heterocycles. The number of hydrogen-bond donors (Lipinski definition) is 0. The van der Waals surface area contributed by atoms with Gasteiger partial charge in [-0.25, -0.2) is 0 Å². The van der Waals surface area contributed by atoms with Gasteiger partial charge in [0.1, 0.15) is 0 Å². The summed E-state index contributed by atoms with van der Waals surface area (Å²) in [7, 11) is 0. The Balaban J connectivity index is 1.81. The van der Waals surface area contributed by atoms with E-state index in [1.807, 2.05) is 0 Å². The molecule has 2 atom stereocenters. The maximum atomic E-state index is 4.60. The van der Waals surface area contributed by atoms with E-state index in [2.05, 4.69) is 140 Å². The van der Waals surface area contributed by atoms with E-state index in [4.69, 9.17) is 0 Å². The summed E-state index contributed by atoms with van der Waals surface area (Å²) in [6, 6.07) is 33.6. The zero-order chi connectivity index (χ0) is 25.2. The van der Waals surface area contributed by atoms with Crippen molar-refractivity contribution in [2.45, 2.75) is 66.2 Å². The van der Waals surface area contributed by atoms with E-state index in [1.165, 1.54) is 60.0 Å². The van der Waals surface area contributed by atoms with Crippen LogP contribution >= 0.6 is 20.8 Å². The number of hydrogen-bond acceptors (Lipinski definition) is 0. The van der Waals surface area contributed by atoms with Crippen molar-refractivity contribution in [3.63, 3.8) is 0 Å². The Morgan fingerprint density at radius 3 is 1.46 bits per heavy atom. The molecule has 0 nitrogen and oxygen atoms in total. The van der Waals surface area contributed by atoms with Crippen molar-refractivity contribution in [3.8, 4) is 0 Å². The van der Waals surface area contributed by atoms with Crippen LogP contribution in [0.1, 0.15) is 66.2 Å². The van der Waals surface area contributed by atoms with Gasteiger partial charge in [0.25, 0.3) is 0 Å². The standard InChI is InChI=1S/C33H44BrP/c1-28(2)16-14-17-29(3)18-15-19-30(4)26-27-35(34,31-20-8-5-9-21-31,32-22-10-6-11-23-32)33-24-12-7-13-25-33/h5-13,16,20-25,29-30H,14-15,17-19,26-27H2,1-4H3/t29-,30-/m0/s1. The Bertz CT molecular complexity index is 939. The summed E-state index contributed by atoms with van der Waals surface area (Å²) >= 11 is 4.60. The quantitative estimate of drug-likeness (QED) is 0.147. The summed E-state index contributed by atoms with van der Waals surface area (Å²) < 4.78 is 0. The monoisotopic (exact) mass is 550 g/mol. The molecule has 0 bridgehead atoms. The molecule has 0 heterocycles. The molecule has 0 amide bonds.